The van der Waals surface area contributed by atoms with Gasteiger partial charge in [-0.25, -0.2) is 8.42 Å². The third kappa shape index (κ3) is 4.46. The number of rotatable bonds is 7. The molecule has 0 radical (unpaired) electrons. The van der Waals surface area contributed by atoms with Crippen LogP contribution >= 0.6 is 0 Å². The molecule has 0 saturated carbocycles. The van der Waals surface area contributed by atoms with Gasteiger partial charge in [-0.2, -0.15) is 4.31 Å². The normalized spacial score (nSPS) is 14.4. The van der Waals surface area contributed by atoms with Crippen LogP contribution in [0.3, 0.4) is 0 Å². The zero-order valence-electron chi connectivity index (χ0n) is 16.6. The van der Waals surface area contributed by atoms with Crippen molar-refractivity contribution < 1.29 is 27.4 Å². The Bertz CT molecular complexity index is 978. The molecular formula is C20H24N2O6S. The molecule has 9 heteroatoms. The van der Waals surface area contributed by atoms with Gasteiger partial charge in [0.2, 0.25) is 10.0 Å². The van der Waals surface area contributed by atoms with Crippen LogP contribution in [0.4, 0.5) is 5.69 Å². The fourth-order valence-corrected chi connectivity index (χ4v) is 4.87. The zero-order valence-corrected chi connectivity index (χ0v) is 17.4. The van der Waals surface area contributed by atoms with Crippen molar-refractivity contribution in [1.82, 2.24) is 4.31 Å². The second-order valence-corrected chi connectivity index (χ2v) is 8.44. The van der Waals surface area contributed by atoms with Crippen LogP contribution in [0.25, 0.3) is 0 Å². The van der Waals surface area contributed by atoms with Crippen molar-refractivity contribution in [2.45, 2.75) is 17.7 Å². The fraction of sp³-hybridized carbons (Fsp3) is 0.350. The maximum atomic E-state index is 13.0. The molecule has 1 amide bonds. The molecule has 0 aromatic heterocycles. The van der Waals surface area contributed by atoms with Crippen molar-refractivity contribution in [3.63, 3.8) is 0 Å². The number of hydrogen-bond donors (Lipinski definition) is 1. The number of nitrogens with one attached hydrogen (secondary N) is 1. The maximum absolute atomic E-state index is 13.0. The Balaban J connectivity index is 1.92. The van der Waals surface area contributed by atoms with E-state index in [4.69, 9.17) is 14.2 Å². The lowest BCUT2D eigenvalue weighted by atomic mass is 10.2. The maximum Gasteiger partial charge on any atom is 0.255 e. The highest BCUT2D eigenvalue weighted by Crippen LogP contribution is 2.31. The van der Waals surface area contributed by atoms with E-state index in [0.717, 1.165) is 12.8 Å². The standard InChI is InChI=1S/C20H24N2O6S/c1-26-16-11-15(12-17(13-16)27-2)21-20(23)14-6-7-18(28-3)19(10-14)29(24,25)22-8-4-5-9-22/h6-7,10-13H,4-5,8-9H2,1-3H3,(H,21,23). The SMILES string of the molecule is COc1cc(NC(=O)c2ccc(OC)c(S(=O)(=O)N3CCCC3)c2)cc(OC)c1. The van der Waals surface area contributed by atoms with Crippen LogP contribution in [-0.4, -0.2) is 53.0 Å². The second-order valence-electron chi connectivity index (χ2n) is 6.53. The lowest BCUT2D eigenvalue weighted by Gasteiger charge is -2.18. The van der Waals surface area contributed by atoms with E-state index in [1.54, 1.807) is 18.2 Å². The molecule has 3 rings (SSSR count). The highest BCUT2D eigenvalue weighted by Gasteiger charge is 2.30. The monoisotopic (exact) mass is 420 g/mol. The molecule has 1 saturated heterocycles. The van der Waals surface area contributed by atoms with E-state index < -0.39 is 15.9 Å². The molecule has 1 N–H and O–H groups in total. The van der Waals surface area contributed by atoms with Crippen molar-refractivity contribution in [3.8, 4) is 17.2 Å². The predicted molar refractivity (Wildman–Crippen MR) is 108 cm³/mol. The van der Waals surface area contributed by atoms with Gasteiger partial charge in [0, 0.05) is 42.5 Å². The van der Waals surface area contributed by atoms with E-state index in [1.165, 1.54) is 43.8 Å². The summed E-state index contributed by atoms with van der Waals surface area (Å²) in [6.45, 7) is 0.928. The molecule has 156 valence electrons. The minimum atomic E-state index is -3.74. The number of amides is 1. The van der Waals surface area contributed by atoms with E-state index in [2.05, 4.69) is 5.32 Å². The minimum Gasteiger partial charge on any atom is -0.497 e. The average molecular weight is 420 g/mol. The molecule has 1 heterocycles. The summed E-state index contributed by atoms with van der Waals surface area (Å²) in [4.78, 5) is 12.8. The number of anilines is 1. The molecular weight excluding hydrogens is 396 g/mol. The summed E-state index contributed by atoms with van der Waals surface area (Å²) < 4.78 is 43.0. The molecule has 0 unspecified atom stereocenters. The smallest absolute Gasteiger partial charge is 0.255 e. The van der Waals surface area contributed by atoms with Crippen LogP contribution in [0.15, 0.2) is 41.3 Å². The lowest BCUT2D eigenvalue weighted by molar-refractivity contribution is 0.102. The number of carbonyl (C=O) groups is 1. The molecule has 2 aromatic rings. The van der Waals surface area contributed by atoms with Crippen molar-refractivity contribution >= 4 is 21.6 Å². The van der Waals surface area contributed by atoms with Crippen LogP contribution in [0.5, 0.6) is 17.2 Å². The van der Waals surface area contributed by atoms with Gasteiger partial charge in [0.15, 0.2) is 0 Å². The highest BCUT2D eigenvalue weighted by atomic mass is 32.2. The predicted octanol–water partition coefficient (Wildman–Crippen LogP) is 2.75. The van der Waals surface area contributed by atoms with E-state index in [-0.39, 0.29) is 16.2 Å². The molecule has 2 aromatic carbocycles. The number of methoxy groups -OCH3 is 3. The van der Waals surface area contributed by atoms with E-state index >= 15 is 0 Å². The average Bonchev–Trinajstić information content (AvgIpc) is 3.28. The minimum absolute atomic E-state index is 0.0160. The van der Waals surface area contributed by atoms with Crippen LogP contribution in [0, 0.1) is 0 Å². The van der Waals surface area contributed by atoms with Gasteiger partial charge in [-0.1, -0.05) is 0 Å². The number of nitrogens with zero attached hydrogens (tertiary/aromatic N) is 1. The Morgan fingerprint density at radius 2 is 1.55 bits per heavy atom. The molecule has 0 bridgehead atoms. The molecule has 0 atom stereocenters. The first-order valence-electron chi connectivity index (χ1n) is 9.11. The highest BCUT2D eigenvalue weighted by molar-refractivity contribution is 7.89. The summed E-state index contributed by atoms with van der Waals surface area (Å²) in [7, 11) is 0.687. The second kappa shape index (κ2) is 8.71. The Morgan fingerprint density at radius 3 is 2.10 bits per heavy atom. The van der Waals surface area contributed by atoms with E-state index in [0.29, 0.717) is 30.3 Å². The number of hydrogen-bond acceptors (Lipinski definition) is 6. The Kier molecular flexibility index (Phi) is 6.29. The largest absolute Gasteiger partial charge is 0.497 e. The Hall–Kier alpha value is -2.78. The third-order valence-corrected chi connectivity index (χ3v) is 6.64. The summed E-state index contributed by atoms with van der Waals surface area (Å²) in [6, 6.07) is 9.33. The summed E-state index contributed by atoms with van der Waals surface area (Å²) >= 11 is 0. The fourth-order valence-electron chi connectivity index (χ4n) is 3.17. The Morgan fingerprint density at radius 1 is 0.931 bits per heavy atom. The molecule has 1 fully saturated rings. The third-order valence-electron chi connectivity index (χ3n) is 4.72. The van der Waals surface area contributed by atoms with Gasteiger partial charge >= 0.3 is 0 Å². The quantitative estimate of drug-likeness (QED) is 0.740. The molecule has 29 heavy (non-hydrogen) atoms. The van der Waals surface area contributed by atoms with Crippen molar-refractivity contribution in [1.29, 1.82) is 0 Å². The van der Waals surface area contributed by atoms with Crippen molar-refractivity contribution in [2.75, 3.05) is 39.7 Å². The van der Waals surface area contributed by atoms with Crippen LogP contribution in [0.2, 0.25) is 0 Å². The molecule has 1 aliphatic rings. The van der Waals surface area contributed by atoms with Gasteiger partial charge in [-0.05, 0) is 31.0 Å². The first-order chi connectivity index (χ1) is 13.9. The number of sulfonamides is 1. The van der Waals surface area contributed by atoms with Crippen molar-refractivity contribution in [3.05, 3.63) is 42.0 Å². The first-order valence-corrected chi connectivity index (χ1v) is 10.6. The van der Waals surface area contributed by atoms with Gasteiger partial charge in [0.05, 0.1) is 21.3 Å². The Labute approximate surface area is 170 Å². The summed E-state index contributed by atoms with van der Waals surface area (Å²) in [5.41, 5.74) is 0.663. The first kappa shape index (κ1) is 20.9. The van der Waals surface area contributed by atoms with Gasteiger partial charge in [-0.15, -0.1) is 0 Å². The molecule has 0 aliphatic carbocycles. The zero-order chi connectivity index (χ0) is 21.0. The number of benzene rings is 2. The molecule has 1 aliphatic heterocycles. The molecule has 8 nitrogen and oxygen atoms in total. The number of ether oxygens (including phenoxy) is 3. The summed E-state index contributed by atoms with van der Waals surface area (Å²) in [5.74, 6) is 0.788. The topological polar surface area (TPSA) is 94.2 Å². The summed E-state index contributed by atoms with van der Waals surface area (Å²) in [5, 5.41) is 2.75. The van der Waals surface area contributed by atoms with Gasteiger partial charge in [0.25, 0.3) is 5.91 Å². The van der Waals surface area contributed by atoms with Crippen molar-refractivity contribution in [2.24, 2.45) is 0 Å². The van der Waals surface area contributed by atoms with Crippen LogP contribution < -0.4 is 19.5 Å². The lowest BCUT2D eigenvalue weighted by Crippen LogP contribution is -2.28. The van der Waals surface area contributed by atoms with E-state index in [9.17, 15) is 13.2 Å². The van der Waals surface area contributed by atoms with Crippen LogP contribution in [-0.2, 0) is 10.0 Å². The number of carbonyl (C=O) groups excluding carboxylic acids is 1. The van der Waals surface area contributed by atoms with Gasteiger partial charge < -0.3 is 19.5 Å². The van der Waals surface area contributed by atoms with Crippen LogP contribution in [0.1, 0.15) is 23.2 Å². The summed E-state index contributed by atoms with van der Waals surface area (Å²) in [6.07, 6.45) is 1.64. The van der Waals surface area contributed by atoms with Gasteiger partial charge in [-0.3, -0.25) is 4.79 Å². The van der Waals surface area contributed by atoms with E-state index in [1.807, 2.05) is 0 Å². The molecule has 0 spiro atoms. The van der Waals surface area contributed by atoms with Gasteiger partial charge in [0.1, 0.15) is 22.1 Å².